The molecule has 1 heterocycles. The minimum absolute atomic E-state index is 0.650. The molecule has 74 valence electrons. The van der Waals surface area contributed by atoms with Crippen LogP contribution in [0, 0.1) is 12.8 Å². The first-order chi connectivity index (χ1) is 6.65. The van der Waals surface area contributed by atoms with Crippen LogP contribution in [0.2, 0.25) is 0 Å². The van der Waals surface area contributed by atoms with Gasteiger partial charge in [-0.25, -0.2) is 0 Å². The number of rotatable bonds is 2. The summed E-state index contributed by atoms with van der Waals surface area (Å²) in [6.07, 6.45) is 1.02. The molecule has 2 rings (SSSR count). The largest absolute Gasteiger partial charge is 0.461 e. The van der Waals surface area contributed by atoms with Crippen molar-refractivity contribution in [3.05, 3.63) is 35.6 Å². The van der Waals surface area contributed by atoms with Crippen LogP contribution in [0.15, 0.2) is 28.7 Å². The van der Waals surface area contributed by atoms with Gasteiger partial charge < -0.3 is 4.42 Å². The Morgan fingerprint density at radius 2 is 2.00 bits per heavy atom. The quantitative estimate of drug-likeness (QED) is 0.695. The van der Waals surface area contributed by atoms with E-state index in [1.165, 1.54) is 10.9 Å². The van der Waals surface area contributed by atoms with Crippen LogP contribution in [-0.4, -0.2) is 0 Å². The first-order valence-electron chi connectivity index (χ1n) is 5.14. The van der Waals surface area contributed by atoms with Gasteiger partial charge in [0.1, 0.15) is 11.3 Å². The maximum atomic E-state index is 5.76. The van der Waals surface area contributed by atoms with Gasteiger partial charge >= 0.3 is 0 Å². The molecule has 0 unspecified atom stereocenters. The van der Waals surface area contributed by atoms with Crippen molar-refractivity contribution in [3.63, 3.8) is 0 Å². The highest BCUT2D eigenvalue weighted by molar-refractivity contribution is 5.78. The summed E-state index contributed by atoms with van der Waals surface area (Å²) in [5.41, 5.74) is 2.27. The van der Waals surface area contributed by atoms with Crippen LogP contribution in [0.5, 0.6) is 0 Å². The summed E-state index contributed by atoms with van der Waals surface area (Å²) in [5, 5.41) is 1.21. The molecule has 0 amide bonds. The summed E-state index contributed by atoms with van der Waals surface area (Å²) < 4.78 is 5.76. The molecule has 0 saturated carbocycles. The van der Waals surface area contributed by atoms with Gasteiger partial charge in [-0.3, -0.25) is 0 Å². The molecule has 1 heteroatoms. The zero-order chi connectivity index (χ0) is 10.1. The minimum atomic E-state index is 0.650. The fourth-order valence-electron chi connectivity index (χ4n) is 1.70. The van der Waals surface area contributed by atoms with E-state index < -0.39 is 0 Å². The zero-order valence-corrected chi connectivity index (χ0v) is 9.00. The first-order valence-corrected chi connectivity index (χ1v) is 5.14. The second kappa shape index (κ2) is 3.49. The minimum Gasteiger partial charge on any atom is -0.461 e. The van der Waals surface area contributed by atoms with E-state index in [2.05, 4.69) is 45.0 Å². The number of benzene rings is 1. The maximum Gasteiger partial charge on any atom is 0.134 e. The van der Waals surface area contributed by atoms with E-state index in [0.29, 0.717) is 5.92 Å². The van der Waals surface area contributed by atoms with Crippen LogP contribution in [0.4, 0.5) is 0 Å². The first kappa shape index (κ1) is 9.32. The molecule has 0 bridgehead atoms. The summed E-state index contributed by atoms with van der Waals surface area (Å²) in [6.45, 7) is 6.50. The third kappa shape index (κ3) is 1.82. The van der Waals surface area contributed by atoms with Crippen molar-refractivity contribution < 1.29 is 4.42 Å². The maximum absolute atomic E-state index is 5.76. The second-order valence-corrected chi connectivity index (χ2v) is 4.35. The van der Waals surface area contributed by atoms with Gasteiger partial charge in [-0.2, -0.15) is 0 Å². The molecule has 0 fully saturated rings. The third-order valence-corrected chi connectivity index (χ3v) is 2.34. The molecular formula is C13H16O. The van der Waals surface area contributed by atoms with Gasteiger partial charge in [0.2, 0.25) is 0 Å². The Balaban J connectivity index is 2.41. The van der Waals surface area contributed by atoms with Crippen molar-refractivity contribution in [2.24, 2.45) is 5.92 Å². The molecular weight excluding hydrogens is 172 g/mol. The number of furan rings is 1. The lowest BCUT2D eigenvalue weighted by Gasteiger charge is -1.98. The van der Waals surface area contributed by atoms with Crippen molar-refractivity contribution in [2.75, 3.05) is 0 Å². The fourth-order valence-corrected chi connectivity index (χ4v) is 1.70. The second-order valence-electron chi connectivity index (χ2n) is 4.35. The van der Waals surface area contributed by atoms with E-state index in [-0.39, 0.29) is 0 Å². The number of hydrogen-bond donors (Lipinski definition) is 0. The van der Waals surface area contributed by atoms with E-state index in [4.69, 9.17) is 4.42 Å². The standard InChI is InChI=1S/C13H16O/c1-9(2)6-12-8-11-5-4-10(3)7-13(11)14-12/h4-5,7-9H,6H2,1-3H3. The molecule has 1 aromatic carbocycles. The molecule has 14 heavy (non-hydrogen) atoms. The van der Waals surface area contributed by atoms with E-state index in [0.717, 1.165) is 17.8 Å². The Morgan fingerprint density at radius 1 is 1.21 bits per heavy atom. The van der Waals surface area contributed by atoms with Gasteiger partial charge in [0.25, 0.3) is 0 Å². The predicted molar refractivity (Wildman–Crippen MR) is 59.5 cm³/mol. The molecule has 1 nitrogen and oxygen atoms in total. The Kier molecular flexibility index (Phi) is 2.32. The Bertz CT molecular complexity index is 437. The molecule has 0 saturated heterocycles. The summed E-state index contributed by atoms with van der Waals surface area (Å²) in [5.74, 6) is 1.75. The van der Waals surface area contributed by atoms with Crippen molar-refractivity contribution in [3.8, 4) is 0 Å². The Labute approximate surface area is 84.7 Å². The average Bonchev–Trinajstić information content (AvgIpc) is 2.44. The van der Waals surface area contributed by atoms with E-state index >= 15 is 0 Å². The predicted octanol–water partition coefficient (Wildman–Crippen LogP) is 3.94. The topological polar surface area (TPSA) is 13.1 Å². The number of hydrogen-bond acceptors (Lipinski definition) is 1. The van der Waals surface area contributed by atoms with Crippen LogP contribution < -0.4 is 0 Å². The molecule has 0 aliphatic rings. The molecule has 0 radical (unpaired) electrons. The molecule has 2 aromatic rings. The number of aryl methyl sites for hydroxylation is 1. The van der Waals surface area contributed by atoms with Crippen LogP contribution in [0.25, 0.3) is 11.0 Å². The smallest absolute Gasteiger partial charge is 0.134 e. The van der Waals surface area contributed by atoms with Crippen LogP contribution in [-0.2, 0) is 6.42 Å². The van der Waals surface area contributed by atoms with Crippen molar-refractivity contribution in [1.82, 2.24) is 0 Å². The van der Waals surface area contributed by atoms with E-state index in [1.54, 1.807) is 0 Å². The summed E-state index contributed by atoms with van der Waals surface area (Å²) in [4.78, 5) is 0. The molecule has 0 aliphatic carbocycles. The highest BCUT2D eigenvalue weighted by Gasteiger charge is 2.05. The van der Waals surface area contributed by atoms with Gasteiger partial charge in [-0.1, -0.05) is 26.0 Å². The Morgan fingerprint density at radius 3 is 2.71 bits per heavy atom. The summed E-state index contributed by atoms with van der Waals surface area (Å²) in [6, 6.07) is 8.49. The SMILES string of the molecule is Cc1ccc2cc(CC(C)C)oc2c1. The van der Waals surface area contributed by atoms with Gasteiger partial charge in [0.15, 0.2) is 0 Å². The van der Waals surface area contributed by atoms with Gasteiger partial charge in [0.05, 0.1) is 0 Å². The van der Waals surface area contributed by atoms with E-state index in [1.807, 2.05) is 0 Å². The van der Waals surface area contributed by atoms with Gasteiger partial charge in [-0.05, 0) is 30.5 Å². The van der Waals surface area contributed by atoms with Crippen LogP contribution in [0.1, 0.15) is 25.2 Å². The van der Waals surface area contributed by atoms with Crippen molar-refractivity contribution >= 4 is 11.0 Å². The van der Waals surface area contributed by atoms with E-state index in [9.17, 15) is 0 Å². The van der Waals surface area contributed by atoms with Crippen molar-refractivity contribution in [1.29, 1.82) is 0 Å². The summed E-state index contributed by atoms with van der Waals surface area (Å²) in [7, 11) is 0. The molecule has 0 spiro atoms. The van der Waals surface area contributed by atoms with Crippen LogP contribution in [0.3, 0.4) is 0 Å². The average molecular weight is 188 g/mol. The lowest BCUT2D eigenvalue weighted by molar-refractivity contribution is 0.500. The lowest BCUT2D eigenvalue weighted by atomic mass is 10.1. The highest BCUT2D eigenvalue weighted by atomic mass is 16.3. The number of fused-ring (bicyclic) bond motifs is 1. The zero-order valence-electron chi connectivity index (χ0n) is 9.00. The van der Waals surface area contributed by atoms with Crippen LogP contribution >= 0.6 is 0 Å². The fraction of sp³-hybridized carbons (Fsp3) is 0.385. The molecule has 0 atom stereocenters. The summed E-state index contributed by atoms with van der Waals surface area (Å²) >= 11 is 0. The molecule has 1 aromatic heterocycles. The van der Waals surface area contributed by atoms with Crippen molar-refractivity contribution in [2.45, 2.75) is 27.2 Å². The van der Waals surface area contributed by atoms with Gasteiger partial charge in [-0.15, -0.1) is 0 Å². The monoisotopic (exact) mass is 188 g/mol. The molecule has 0 aliphatic heterocycles. The highest BCUT2D eigenvalue weighted by Crippen LogP contribution is 2.22. The third-order valence-electron chi connectivity index (χ3n) is 2.34. The lowest BCUT2D eigenvalue weighted by Crippen LogP contribution is -1.90. The normalized spacial score (nSPS) is 11.4. The van der Waals surface area contributed by atoms with Gasteiger partial charge in [0, 0.05) is 11.8 Å². The molecule has 0 N–H and O–H groups in total. The Hall–Kier alpha value is -1.24.